The van der Waals surface area contributed by atoms with Gasteiger partial charge in [0.1, 0.15) is 11.4 Å². The Bertz CT molecular complexity index is 488. The molecule has 0 aliphatic carbocycles. The van der Waals surface area contributed by atoms with Gasteiger partial charge < -0.3 is 15.2 Å². The van der Waals surface area contributed by atoms with E-state index in [1.807, 2.05) is 6.92 Å². The van der Waals surface area contributed by atoms with Gasteiger partial charge in [-0.1, -0.05) is 0 Å². The maximum atomic E-state index is 11.9. The fourth-order valence-electron chi connectivity index (χ4n) is 1.72. The second-order valence-electron chi connectivity index (χ2n) is 6.06. The molecule has 0 spiro atoms. The fraction of sp³-hybridized carbons (Fsp3) is 0.500. The normalized spacial score (nSPS) is 12.6. The summed E-state index contributed by atoms with van der Waals surface area (Å²) in [4.78, 5) is 23.5. The standard InChI is InChI=1S/C16H23NO4/c1-11(17-15(20)21-16(2,3)4)5-10-14(19)12-6-8-13(18)9-7-12/h6-9,11,18H,5,10H2,1-4H3,(H,17,20). The molecule has 2 N–H and O–H groups in total. The minimum Gasteiger partial charge on any atom is -0.508 e. The SMILES string of the molecule is CC(CCC(=O)c1ccc(O)cc1)NC(=O)OC(C)(C)C. The van der Waals surface area contributed by atoms with Crippen molar-refractivity contribution in [3.63, 3.8) is 0 Å². The van der Waals surface area contributed by atoms with Crippen molar-refractivity contribution in [3.8, 4) is 5.75 Å². The van der Waals surface area contributed by atoms with Crippen LogP contribution in [0.25, 0.3) is 0 Å². The van der Waals surface area contributed by atoms with E-state index in [9.17, 15) is 14.7 Å². The summed E-state index contributed by atoms with van der Waals surface area (Å²) < 4.78 is 5.15. The minimum atomic E-state index is -0.536. The van der Waals surface area contributed by atoms with Gasteiger partial charge in [-0.3, -0.25) is 4.79 Å². The first-order valence-corrected chi connectivity index (χ1v) is 6.99. The lowest BCUT2D eigenvalue weighted by atomic mass is 10.0. The molecule has 116 valence electrons. The monoisotopic (exact) mass is 293 g/mol. The van der Waals surface area contributed by atoms with Crippen molar-refractivity contribution in [2.24, 2.45) is 0 Å². The van der Waals surface area contributed by atoms with Crippen LogP contribution in [-0.4, -0.2) is 28.6 Å². The Labute approximate surface area is 125 Å². The van der Waals surface area contributed by atoms with Crippen LogP contribution in [0.2, 0.25) is 0 Å². The zero-order valence-electron chi connectivity index (χ0n) is 13.0. The number of aromatic hydroxyl groups is 1. The van der Waals surface area contributed by atoms with E-state index in [-0.39, 0.29) is 17.6 Å². The molecule has 0 bridgehead atoms. The average Bonchev–Trinajstić information content (AvgIpc) is 2.34. The minimum absolute atomic E-state index is 0.0205. The number of rotatable bonds is 5. The van der Waals surface area contributed by atoms with E-state index >= 15 is 0 Å². The Hall–Kier alpha value is -2.04. The quantitative estimate of drug-likeness (QED) is 0.817. The van der Waals surface area contributed by atoms with Crippen LogP contribution in [-0.2, 0) is 4.74 Å². The lowest BCUT2D eigenvalue weighted by Gasteiger charge is -2.21. The summed E-state index contributed by atoms with van der Waals surface area (Å²) in [5.74, 6) is 0.111. The smallest absolute Gasteiger partial charge is 0.407 e. The van der Waals surface area contributed by atoms with Crippen molar-refractivity contribution < 1.29 is 19.4 Å². The van der Waals surface area contributed by atoms with Gasteiger partial charge in [0, 0.05) is 18.0 Å². The highest BCUT2D eigenvalue weighted by atomic mass is 16.6. The van der Waals surface area contributed by atoms with Crippen LogP contribution in [0.5, 0.6) is 5.75 Å². The molecule has 1 atom stereocenters. The third kappa shape index (κ3) is 6.79. The molecule has 0 aliphatic rings. The molecule has 1 unspecified atom stereocenters. The third-order valence-corrected chi connectivity index (χ3v) is 2.76. The predicted molar refractivity (Wildman–Crippen MR) is 80.5 cm³/mol. The number of ketones is 1. The predicted octanol–water partition coefficient (Wildman–Crippen LogP) is 3.27. The van der Waals surface area contributed by atoms with E-state index in [1.165, 1.54) is 12.1 Å². The van der Waals surface area contributed by atoms with Gasteiger partial charge in [-0.15, -0.1) is 0 Å². The summed E-state index contributed by atoms with van der Waals surface area (Å²) in [6.45, 7) is 7.22. The van der Waals surface area contributed by atoms with Crippen molar-refractivity contribution in [2.75, 3.05) is 0 Å². The molecule has 5 nitrogen and oxygen atoms in total. The van der Waals surface area contributed by atoms with E-state index in [4.69, 9.17) is 4.74 Å². The number of benzene rings is 1. The highest BCUT2D eigenvalue weighted by Crippen LogP contribution is 2.13. The van der Waals surface area contributed by atoms with Gasteiger partial charge in [0.15, 0.2) is 5.78 Å². The molecular formula is C16H23NO4. The van der Waals surface area contributed by atoms with Crippen LogP contribution >= 0.6 is 0 Å². The van der Waals surface area contributed by atoms with Crippen molar-refractivity contribution in [1.29, 1.82) is 0 Å². The second-order valence-corrected chi connectivity index (χ2v) is 6.06. The topological polar surface area (TPSA) is 75.6 Å². The lowest BCUT2D eigenvalue weighted by molar-refractivity contribution is 0.0504. The molecule has 1 amide bonds. The van der Waals surface area contributed by atoms with E-state index in [0.29, 0.717) is 18.4 Å². The van der Waals surface area contributed by atoms with Gasteiger partial charge in [0.05, 0.1) is 0 Å². The Morgan fingerprint density at radius 1 is 1.24 bits per heavy atom. The zero-order chi connectivity index (χ0) is 16.0. The average molecular weight is 293 g/mol. The van der Waals surface area contributed by atoms with Crippen LogP contribution in [0.1, 0.15) is 50.9 Å². The Balaban J connectivity index is 2.39. The molecule has 0 aliphatic heterocycles. The number of carbonyl (C=O) groups is 2. The van der Waals surface area contributed by atoms with Crippen LogP contribution in [0, 0.1) is 0 Å². The van der Waals surface area contributed by atoms with E-state index in [1.54, 1.807) is 32.9 Å². The maximum absolute atomic E-state index is 11.9. The number of alkyl carbamates (subject to hydrolysis) is 1. The van der Waals surface area contributed by atoms with E-state index in [0.717, 1.165) is 0 Å². The summed E-state index contributed by atoms with van der Waals surface area (Å²) in [6.07, 6.45) is 0.368. The molecule has 0 heterocycles. The summed E-state index contributed by atoms with van der Waals surface area (Å²) in [5, 5.41) is 11.9. The Kier molecular flexibility index (Phi) is 5.76. The van der Waals surface area contributed by atoms with Gasteiger partial charge in [0.2, 0.25) is 0 Å². The van der Waals surface area contributed by atoms with Crippen LogP contribution in [0.4, 0.5) is 4.79 Å². The molecule has 0 saturated heterocycles. The largest absolute Gasteiger partial charge is 0.508 e. The number of carbonyl (C=O) groups excluding carboxylic acids is 2. The van der Waals surface area contributed by atoms with Gasteiger partial charge in [-0.2, -0.15) is 0 Å². The molecule has 5 heteroatoms. The van der Waals surface area contributed by atoms with Crippen molar-refractivity contribution in [1.82, 2.24) is 5.32 Å². The van der Waals surface area contributed by atoms with Gasteiger partial charge in [-0.05, 0) is 58.4 Å². The highest BCUT2D eigenvalue weighted by Gasteiger charge is 2.18. The Morgan fingerprint density at radius 3 is 2.33 bits per heavy atom. The number of hydrogen-bond donors (Lipinski definition) is 2. The number of Topliss-reactive ketones (excluding diaryl/α,β-unsaturated/α-hetero) is 1. The van der Waals surface area contributed by atoms with Crippen molar-refractivity contribution in [3.05, 3.63) is 29.8 Å². The number of phenols is 1. The zero-order valence-corrected chi connectivity index (χ0v) is 13.0. The molecule has 0 aromatic heterocycles. The lowest BCUT2D eigenvalue weighted by Crippen LogP contribution is -2.37. The third-order valence-electron chi connectivity index (χ3n) is 2.76. The number of nitrogens with one attached hydrogen (secondary N) is 1. The summed E-state index contributed by atoms with van der Waals surface area (Å²) >= 11 is 0. The number of phenolic OH excluding ortho intramolecular Hbond substituents is 1. The molecular weight excluding hydrogens is 270 g/mol. The fourth-order valence-corrected chi connectivity index (χ4v) is 1.72. The number of amides is 1. The molecule has 1 rings (SSSR count). The van der Waals surface area contributed by atoms with Crippen LogP contribution in [0.3, 0.4) is 0 Å². The van der Waals surface area contributed by atoms with E-state index in [2.05, 4.69) is 5.32 Å². The molecule has 0 radical (unpaired) electrons. The van der Waals surface area contributed by atoms with Gasteiger partial charge >= 0.3 is 6.09 Å². The summed E-state index contributed by atoms with van der Waals surface area (Å²) in [6, 6.07) is 5.99. The van der Waals surface area contributed by atoms with Crippen LogP contribution in [0.15, 0.2) is 24.3 Å². The van der Waals surface area contributed by atoms with Crippen molar-refractivity contribution in [2.45, 2.75) is 52.2 Å². The number of ether oxygens (including phenoxy) is 1. The van der Waals surface area contributed by atoms with Gasteiger partial charge in [-0.25, -0.2) is 4.79 Å². The Morgan fingerprint density at radius 2 is 1.81 bits per heavy atom. The summed E-state index contributed by atoms with van der Waals surface area (Å²) in [7, 11) is 0. The second kappa shape index (κ2) is 7.11. The first-order chi connectivity index (χ1) is 9.67. The summed E-state index contributed by atoms with van der Waals surface area (Å²) in [5.41, 5.74) is 0.0170. The first-order valence-electron chi connectivity index (χ1n) is 6.99. The molecule has 1 aromatic rings. The first kappa shape index (κ1) is 17.0. The molecule has 0 fully saturated rings. The van der Waals surface area contributed by atoms with E-state index < -0.39 is 11.7 Å². The molecule has 0 saturated carbocycles. The molecule has 21 heavy (non-hydrogen) atoms. The van der Waals surface area contributed by atoms with Crippen molar-refractivity contribution >= 4 is 11.9 Å². The number of hydrogen-bond acceptors (Lipinski definition) is 4. The van der Waals surface area contributed by atoms with Gasteiger partial charge in [0.25, 0.3) is 0 Å². The maximum Gasteiger partial charge on any atom is 0.407 e. The molecule has 1 aromatic carbocycles. The highest BCUT2D eigenvalue weighted by molar-refractivity contribution is 5.96. The van der Waals surface area contributed by atoms with Crippen LogP contribution < -0.4 is 5.32 Å².